The van der Waals surface area contributed by atoms with Crippen molar-refractivity contribution in [3.05, 3.63) is 14.9 Å². The highest BCUT2D eigenvalue weighted by Gasteiger charge is 2.20. The van der Waals surface area contributed by atoms with Gasteiger partial charge in [-0.3, -0.25) is 0 Å². The Morgan fingerprint density at radius 1 is 1.37 bits per heavy atom. The lowest BCUT2D eigenvalue weighted by atomic mass is 10.7. The Hall–Kier alpha value is 0.290. The average molecular weight is 412 g/mol. The second-order valence-electron chi connectivity index (χ2n) is 3.68. The molecular formula is C8H12BrClN2O4S3. The average Bonchev–Trinajstić information content (AvgIpc) is 2.59. The van der Waals surface area contributed by atoms with Crippen molar-refractivity contribution in [1.29, 1.82) is 0 Å². The van der Waals surface area contributed by atoms with Gasteiger partial charge in [0.25, 0.3) is 0 Å². The molecule has 1 aromatic rings. The minimum absolute atomic E-state index is 0.0339. The summed E-state index contributed by atoms with van der Waals surface area (Å²) in [7, 11) is -4.39. The maximum Gasteiger partial charge on any atom is 0.250 e. The molecule has 0 saturated heterocycles. The fourth-order valence-electron chi connectivity index (χ4n) is 1.02. The highest BCUT2D eigenvalue weighted by atomic mass is 79.9. The third kappa shape index (κ3) is 4.66. The lowest BCUT2D eigenvalue weighted by Crippen LogP contribution is -2.33. The van der Waals surface area contributed by atoms with Crippen LogP contribution in [0.3, 0.4) is 0 Å². The Morgan fingerprint density at radius 3 is 2.37 bits per heavy atom. The molecule has 1 rings (SSSR count). The predicted octanol–water partition coefficient (Wildman–Crippen LogP) is 1.33. The molecule has 0 aliphatic rings. The molecule has 0 fully saturated rings. The maximum atomic E-state index is 11.9. The van der Waals surface area contributed by atoms with Crippen LogP contribution >= 0.6 is 38.9 Å². The van der Waals surface area contributed by atoms with E-state index < -0.39 is 20.0 Å². The highest BCUT2D eigenvalue weighted by Crippen LogP contribution is 2.34. The van der Waals surface area contributed by atoms with Gasteiger partial charge >= 0.3 is 0 Å². The van der Waals surface area contributed by atoms with Crippen molar-refractivity contribution >= 4 is 58.9 Å². The highest BCUT2D eigenvalue weighted by molar-refractivity contribution is 9.11. The number of sulfonamides is 2. The van der Waals surface area contributed by atoms with Crippen LogP contribution in [0.25, 0.3) is 0 Å². The topological polar surface area (TPSA) is 83.6 Å². The zero-order valence-electron chi connectivity index (χ0n) is 10.1. The summed E-state index contributed by atoms with van der Waals surface area (Å²) in [6, 6.07) is 1.30. The van der Waals surface area contributed by atoms with Crippen LogP contribution in [0.4, 0.5) is 0 Å². The van der Waals surface area contributed by atoms with Crippen LogP contribution in [0.2, 0.25) is 5.02 Å². The van der Waals surface area contributed by atoms with Gasteiger partial charge in [0.1, 0.15) is 4.21 Å². The van der Waals surface area contributed by atoms with E-state index in [9.17, 15) is 16.8 Å². The molecule has 0 radical (unpaired) electrons. The van der Waals surface area contributed by atoms with Gasteiger partial charge in [0.15, 0.2) is 0 Å². The summed E-state index contributed by atoms with van der Waals surface area (Å²) in [6.07, 6.45) is 0. The number of hydrogen-bond donors (Lipinski definition) is 1. The van der Waals surface area contributed by atoms with Gasteiger partial charge in [-0.15, -0.1) is 11.3 Å². The van der Waals surface area contributed by atoms with E-state index >= 15 is 0 Å². The fourth-order valence-corrected chi connectivity index (χ4v) is 5.35. The molecule has 0 bridgehead atoms. The Morgan fingerprint density at radius 2 is 1.95 bits per heavy atom. The van der Waals surface area contributed by atoms with Crippen LogP contribution in [0.15, 0.2) is 14.1 Å². The van der Waals surface area contributed by atoms with Gasteiger partial charge in [-0.2, -0.15) is 0 Å². The molecule has 19 heavy (non-hydrogen) atoms. The molecule has 0 unspecified atom stereocenters. The Labute approximate surface area is 130 Å². The molecule has 11 heteroatoms. The van der Waals surface area contributed by atoms with E-state index in [2.05, 4.69) is 20.7 Å². The Balaban J connectivity index is 2.72. The molecule has 0 aliphatic heterocycles. The van der Waals surface area contributed by atoms with Gasteiger partial charge in [0, 0.05) is 20.6 Å². The summed E-state index contributed by atoms with van der Waals surface area (Å²) in [4.78, 5) is 0. The quantitative estimate of drug-likeness (QED) is 0.765. The van der Waals surface area contributed by atoms with E-state index in [1.54, 1.807) is 0 Å². The second-order valence-corrected chi connectivity index (χ2v) is 10.8. The molecule has 1 heterocycles. The minimum atomic E-state index is -3.74. The lowest BCUT2D eigenvalue weighted by Gasteiger charge is -2.11. The molecule has 1 N–H and O–H groups in total. The van der Waals surface area contributed by atoms with Crippen molar-refractivity contribution in [2.45, 2.75) is 4.21 Å². The molecule has 0 amide bonds. The third-order valence-corrected chi connectivity index (χ3v) is 8.34. The van der Waals surface area contributed by atoms with Crippen molar-refractivity contribution in [3.63, 3.8) is 0 Å². The van der Waals surface area contributed by atoms with E-state index in [0.717, 1.165) is 15.6 Å². The molecule has 0 spiro atoms. The Kier molecular flexibility index (Phi) is 5.82. The van der Waals surface area contributed by atoms with Gasteiger partial charge in [0.2, 0.25) is 20.0 Å². The number of thiophene rings is 1. The SMILES string of the molecule is CN(C)S(=O)(=O)CCNS(=O)(=O)c1cc(Cl)c(Br)s1. The lowest BCUT2D eigenvalue weighted by molar-refractivity contribution is 0.519. The first kappa shape index (κ1) is 17.3. The van der Waals surface area contributed by atoms with Crippen molar-refractivity contribution in [1.82, 2.24) is 9.03 Å². The zero-order chi connectivity index (χ0) is 14.8. The van der Waals surface area contributed by atoms with Crippen molar-refractivity contribution in [3.8, 4) is 0 Å². The summed E-state index contributed by atoms with van der Waals surface area (Å²) in [5.74, 6) is -0.306. The molecule has 110 valence electrons. The number of nitrogens with zero attached hydrogens (tertiary/aromatic N) is 1. The van der Waals surface area contributed by atoms with Crippen LogP contribution in [0, 0.1) is 0 Å². The molecule has 0 saturated carbocycles. The third-order valence-electron chi connectivity index (χ3n) is 2.10. The smallest absolute Gasteiger partial charge is 0.212 e. The summed E-state index contributed by atoms with van der Waals surface area (Å²) >= 11 is 9.83. The fraction of sp³-hybridized carbons (Fsp3) is 0.500. The summed E-state index contributed by atoms with van der Waals surface area (Å²) in [6.45, 7) is -0.198. The number of rotatable bonds is 6. The van der Waals surface area contributed by atoms with Crippen LogP contribution in [-0.2, 0) is 20.0 Å². The molecular weight excluding hydrogens is 400 g/mol. The number of halogens is 2. The van der Waals surface area contributed by atoms with Crippen molar-refractivity contribution in [2.24, 2.45) is 0 Å². The minimum Gasteiger partial charge on any atom is -0.212 e. The van der Waals surface area contributed by atoms with Gasteiger partial charge in [-0.25, -0.2) is 25.9 Å². The first-order valence-corrected chi connectivity index (χ1v) is 9.99. The van der Waals surface area contributed by atoms with E-state index in [1.807, 2.05) is 0 Å². The summed E-state index contributed by atoms with van der Waals surface area (Å²) in [5.41, 5.74) is 0. The first-order chi connectivity index (χ1) is 8.56. The van der Waals surface area contributed by atoms with E-state index in [-0.39, 0.29) is 16.5 Å². The maximum absolute atomic E-state index is 11.9. The van der Waals surface area contributed by atoms with Crippen LogP contribution in [-0.4, -0.2) is 47.5 Å². The van der Waals surface area contributed by atoms with Crippen molar-refractivity contribution < 1.29 is 16.8 Å². The largest absolute Gasteiger partial charge is 0.250 e. The van der Waals surface area contributed by atoms with Gasteiger partial charge < -0.3 is 0 Å². The predicted molar refractivity (Wildman–Crippen MR) is 79.7 cm³/mol. The zero-order valence-corrected chi connectivity index (χ0v) is 14.8. The Bertz CT molecular complexity index is 634. The summed E-state index contributed by atoms with van der Waals surface area (Å²) in [5, 5.41) is 0.297. The first-order valence-electron chi connectivity index (χ1n) is 4.91. The van der Waals surface area contributed by atoms with Gasteiger partial charge in [0.05, 0.1) is 14.6 Å². The van der Waals surface area contributed by atoms with Crippen LogP contribution in [0.5, 0.6) is 0 Å². The molecule has 6 nitrogen and oxygen atoms in total. The van der Waals surface area contributed by atoms with Crippen molar-refractivity contribution in [2.75, 3.05) is 26.4 Å². The van der Waals surface area contributed by atoms with Gasteiger partial charge in [-0.1, -0.05) is 11.6 Å². The molecule has 0 atom stereocenters. The molecule has 0 aliphatic carbocycles. The molecule has 0 aromatic carbocycles. The van der Waals surface area contributed by atoms with Crippen LogP contribution < -0.4 is 4.72 Å². The normalized spacial score (nSPS) is 13.1. The number of hydrogen-bond acceptors (Lipinski definition) is 5. The molecule has 1 aromatic heterocycles. The van der Waals surface area contributed by atoms with Gasteiger partial charge in [-0.05, 0) is 22.0 Å². The van der Waals surface area contributed by atoms with Crippen LogP contribution in [0.1, 0.15) is 0 Å². The number of nitrogens with one attached hydrogen (secondary N) is 1. The van der Waals surface area contributed by atoms with E-state index in [0.29, 0.717) is 8.81 Å². The second kappa shape index (κ2) is 6.37. The summed E-state index contributed by atoms with van der Waals surface area (Å²) < 4.78 is 50.5. The standard InChI is InChI=1S/C8H12BrClN2O4S3/c1-12(2)18(13,14)4-3-11-19(15,16)7-5-6(10)8(9)17-7/h5,11H,3-4H2,1-2H3. The van der Waals surface area contributed by atoms with E-state index in [4.69, 9.17) is 11.6 Å². The monoisotopic (exact) mass is 410 g/mol. The van der Waals surface area contributed by atoms with E-state index in [1.165, 1.54) is 20.2 Å².